The highest BCUT2D eigenvalue weighted by Gasteiger charge is 2.25. The van der Waals surface area contributed by atoms with Crippen LogP contribution >= 0.6 is 0 Å². The zero-order valence-corrected chi connectivity index (χ0v) is 23.2. The molecule has 3 N–H and O–H groups in total. The van der Waals surface area contributed by atoms with Gasteiger partial charge in [-0.1, -0.05) is 32.1 Å². The summed E-state index contributed by atoms with van der Waals surface area (Å²) in [5.41, 5.74) is 6.33. The second kappa shape index (κ2) is 12.6. The topological polar surface area (TPSA) is 138 Å². The number of nitrogens with zero attached hydrogens (tertiary/aromatic N) is 3. The van der Waals surface area contributed by atoms with E-state index in [1.54, 1.807) is 39.1 Å². The van der Waals surface area contributed by atoms with Crippen LogP contribution in [0.4, 0.5) is 10.5 Å². The third-order valence-corrected chi connectivity index (χ3v) is 5.71. The molecule has 2 aromatic heterocycles. The molecule has 10 nitrogen and oxygen atoms in total. The number of hydrogen-bond acceptors (Lipinski definition) is 6. The lowest BCUT2D eigenvalue weighted by molar-refractivity contribution is -0.116. The molecular weight excluding hydrogens is 498 g/mol. The fourth-order valence-corrected chi connectivity index (χ4v) is 4.13. The highest BCUT2D eigenvalue weighted by atomic mass is 16.6. The Kier molecular flexibility index (Phi) is 9.45. The van der Waals surface area contributed by atoms with Crippen molar-refractivity contribution < 1.29 is 19.1 Å². The number of hydrogen-bond donors (Lipinski definition) is 2. The number of nitrogens with one attached hydrogen (secondary N) is 1. The van der Waals surface area contributed by atoms with Crippen LogP contribution in [0.2, 0.25) is 0 Å². The maximum atomic E-state index is 13.3. The minimum Gasteiger partial charge on any atom is -0.443 e. The van der Waals surface area contributed by atoms with Gasteiger partial charge in [0.1, 0.15) is 17.1 Å². The summed E-state index contributed by atoms with van der Waals surface area (Å²) in [5, 5.41) is 2.65. The van der Waals surface area contributed by atoms with Gasteiger partial charge in [-0.15, -0.1) is 0 Å². The number of primary amides is 1. The van der Waals surface area contributed by atoms with Gasteiger partial charge in [-0.25, -0.2) is 14.3 Å². The van der Waals surface area contributed by atoms with E-state index < -0.39 is 23.2 Å². The molecule has 2 amide bonds. The summed E-state index contributed by atoms with van der Waals surface area (Å²) < 4.78 is 8.49. The number of aromatic nitrogens is 3. The molecule has 3 rings (SSSR count). The van der Waals surface area contributed by atoms with Gasteiger partial charge in [-0.3, -0.25) is 14.4 Å². The maximum absolute atomic E-state index is 13.3. The van der Waals surface area contributed by atoms with Crippen LogP contribution < -0.4 is 16.6 Å². The summed E-state index contributed by atoms with van der Waals surface area (Å²) >= 11 is 0. The van der Waals surface area contributed by atoms with E-state index in [0.717, 1.165) is 12.0 Å². The number of allylic oxidation sites excluding steroid dienone is 1. The predicted molar refractivity (Wildman–Crippen MR) is 151 cm³/mol. The molecule has 3 aromatic rings. The molecular formula is C29H37N5O5. The summed E-state index contributed by atoms with van der Waals surface area (Å²) in [7, 11) is 0. The number of carbonyl (C=O) groups excluding carboxylic acids is 3. The van der Waals surface area contributed by atoms with E-state index >= 15 is 0 Å². The molecule has 0 radical (unpaired) electrons. The van der Waals surface area contributed by atoms with E-state index in [4.69, 9.17) is 15.5 Å². The molecule has 0 aliphatic carbocycles. The van der Waals surface area contributed by atoms with E-state index in [1.807, 2.05) is 18.2 Å². The summed E-state index contributed by atoms with van der Waals surface area (Å²) in [6.45, 7) is 9.59. The van der Waals surface area contributed by atoms with Gasteiger partial charge in [-0.2, -0.15) is 0 Å². The molecule has 0 aliphatic heterocycles. The Balaban J connectivity index is 1.91. The van der Waals surface area contributed by atoms with Crippen LogP contribution in [0.5, 0.6) is 0 Å². The first-order valence-electron chi connectivity index (χ1n) is 13.0. The number of imidazole rings is 1. The van der Waals surface area contributed by atoms with Gasteiger partial charge in [0.15, 0.2) is 0 Å². The normalized spacial score (nSPS) is 11.8. The fourth-order valence-electron chi connectivity index (χ4n) is 4.13. The number of benzene rings is 1. The molecule has 0 spiro atoms. The van der Waals surface area contributed by atoms with Crippen molar-refractivity contribution in [1.29, 1.82) is 0 Å². The molecule has 0 saturated heterocycles. The molecule has 0 aliphatic rings. The van der Waals surface area contributed by atoms with Crippen molar-refractivity contribution in [3.8, 4) is 0 Å². The van der Waals surface area contributed by atoms with Gasteiger partial charge in [0, 0.05) is 12.6 Å². The van der Waals surface area contributed by atoms with Crippen molar-refractivity contribution in [2.75, 3.05) is 5.32 Å². The first-order valence-corrected chi connectivity index (χ1v) is 13.0. The lowest BCUT2D eigenvalue weighted by Gasteiger charge is -2.20. The van der Waals surface area contributed by atoms with Crippen LogP contribution in [0.1, 0.15) is 65.3 Å². The molecule has 0 unspecified atom stereocenters. The molecule has 0 saturated carbocycles. The smallest absolute Gasteiger partial charge is 0.420 e. The van der Waals surface area contributed by atoms with Crippen LogP contribution in [-0.4, -0.2) is 37.6 Å². The molecule has 2 heterocycles. The van der Waals surface area contributed by atoms with Gasteiger partial charge in [0.05, 0.1) is 17.6 Å². The Morgan fingerprint density at radius 2 is 1.90 bits per heavy atom. The first-order chi connectivity index (χ1) is 18.4. The van der Waals surface area contributed by atoms with Gasteiger partial charge in [0.2, 0.25) is 11.8 Å². The minimum absolute atomic E-state index is 0.00447. The third kappa shape index (κ3) is 8.13. The Morgan fingerprint density at radius 1 is 1.15 bits per heavy atom. The number of ether oxygens (including phenoxy) is 1. The van der Waals surface area contributed by atoms with Crippen molar-refractivity contribution in [3.05, 3.63) is 70.4 Å². The number of rotatable bonds is 10. The van der Waals surface area contributed by atoms with Gasteiger partial charge in [0.25, 0.3) is 5.56 Å². The molecule has 10 heteroatoms. The first kappa shape index (κ1) is 29.3. The monoisotopic (exact) mass is 535 g/mol. The molecule has 208 valence electrons. The van der Waals surface area contributed by atoms with Crippen LogP contribution in [0, 0.1) is 5.92 Å². The van der Waals surface area contributed by atoms with Crippen LogP contribution in [0.15, 0.2) is 53.5 Å². The van der Waals surface area contributed by atoms with E-state index in [9.17, 15) is 19.2 Å². The second-order valence-corrected chi connectivity index (χ2v) is 10.8. The minimum atomic E-state index is -0.725. The number of fused-ring (bicyclic) bond motifs is 1. The standard InChI is InChI=1S/C29H37N5O5/c1-19(2)17-20-11-9-13-22-26(20)32-24(34(22)28(38)39-29(3,4)5)18-33-16-10-12-21(27(33)37)31-25(36)15-8-6-7-14-23(30)35/h7,9-14,16,19H,6,8,15,17-18H2,1-5H3,(H2,30,35)(H,31,36)/b14-7+. The molecule has 0 fully saturated rings. The Labute approximate surface area is 227 Å². The predicted octanol–water partition coefficient (Wildman–Crippen LogP) is 4.38. The molecule has 0 atom stereocenters. The van der Waals surface area contributed by atoms with Crippen LogP contribution in [0.3, 0.4) is 0 Å². The third-order valence-electron chi connectivity index (χ3n) is 5.71. The number of carbonyl (C=O) groups is 3. The van der Waals surface area contributed by atoms with Crippen LogP contribution in [-0.2, 0) is 27.3 Å². The molecule has 0 bridgehead atoms. The lowest BCUT2D eigenvalue weighted by atomic mass is 10.0. The summed E-state index contributed by atoms with van der Waals surface area (Å²) in [6.07, 6.45) is 5.82. The number of amides is 2. The maximum Gasteiger partial charge on any atom is 0.420 e. The Hall–Kier alpha value is -4.21. The number of pyridine rings is 1. The largest absolute Gasteiger partial charge is 0.443 e. The van der Waals surface area contributed by atoms with Crippen molar-refractivity contribution >= 4 is 34.6 Å². The average molecular weight is 536 g/mol. The van der Waals surface area contributed by atoms with Crippen LogP contribution in [0.25, 0.3) is 11.0 Å². The fraction of sp³-hybridized carbons (Fsp3) is 0.414. The summed E-state index contributed by atoms with van der Waals surface area (Å²) in [4.78, 5) is 54.5. The number of anilines is 1. The average Bonchev–Trinajstić information content (AvgIpc) is 3.19. The van der Waals surface area contributed by atoms with Crippen molar-refractivity contribution in [3.63, 3.8) is 0 Å². The number of para-hydroxylation sites is 1. The van der Waals surface area contributed by atoms with Crippen molar-refractivity contribution in [1.82, 2.24) is 14.1 Å². The quantitative estimate of drug-likeness (QED) is 0.292. The highest BCUT2D eigenvalue weighted by molar-refractivity contribution is 5.91. The second-order valence-electron chi connectivity index (χ2n) is 10.8. The summed E-state index contributed by atoms with van der Waals surface area (Å²) in [6, 6.07) is 8.87. The van der Waals surface area contributed by atoms with Gasteiger partial charge >= 0.3 is 6.09 Å². The zero-order valence-electron chi connectivity index (χ0n) is 23.2. The SMILES string of the molecule is CC(C)Cc1cccc2c1nc(Cn1cccc(NC(=O)CCC/C=C/C(N)=O)c1=O)n2C(=O)OC(C)(C)C. The van der Waals surface area contributed by atoms with Gasteiger partial charge < -0.3 is 20.4 Å². The molecule has 39 heavy (non-hydrogen) atoms. The molecule has 1 aromatic carbocycles. The van der Waals surface area contributed by atoms with Crippen molar-refractivity contribution in [2.24, 2.45) is 11.7 Å². The number of unbranched alkanes of at least 4 members (excludes halogenated alkanes) is 1. The zero-order chi connectivity index (χ0) is 28.7. The number of nitrogens with two attached hydrogens (primary N) is 1. The van der Waals surface area contributed by atoms with E-state index in [1.165, 1.54) is 21.3 Å². The van der Waals surface area contributed by atoms with E-state index in [-0.39, 0.29) is 24.6 Å². The van der Waals surface area contributed by atoms with Crippen molar-refractivity contribution in [2.45, 2.75) is 72.4 Å². The van der Waals surface area contributed by atoms with Gasteiger partial charge in [-0.05, 0) is 75.8 Å². The van der Waals surface area contributed by atoms with E-state index in [0.29, 0.717) is 35.6 Å². The Bertz CT molecular complexity index is 1440. The lowest BCUT2D eigenvalue weighted by Crippen LogP contribution is -2.30. The summed E-state index contributed by atoms with van der Waals surface area (Å²) in [5.74, 6) is -0.132. The highest BCUT2D eigenvalue weighted by Crippen LogP contribution is 2.24. The van der Waals surface area contributed by atoms with E-state index in [2.05, 4.69) is 19.2 Å². The Morgan fingerprint density at radius 3 is 2.56 bits per heavy atom.